The van der Waals surface area contributed by atoms with Crippen molar-refractivity contribution < 1.29 is 4.79 Å². The number of hydrazine groups is 1. The third kappa shape index (κ3) is 4.02. The maximum Gasteiger partial charge on any atom is 0.286 e. The van der Waals surface area contributed by atoms with Crippen LogP contribution in [0.5, 0.6) is 0 Å². The van der Waals surface area contributed by atoms with Gasteiger partial charge in [-0.25, -0.2) is 9.69 Å². The van der Waals surface area contributed by atoms with Gasteiger partial charge in [0.2, 0.25) is 0 Å². The van der Waals surface area contributed by atoms with E-state index in [9.17, 15) is 4.79 Å². The predicted octanol–water partition coefficient (Wildman–Crippen LogP) is 5.84. The van der Waals surface area contributed by atoms with Gasteiger partial charge in [-0.2, -0.15) is 5.10 Å². The van der Waals surface area contributed by atoms with Crippen LogP contribution < -0.4 is 5.43 Å². The fraction of sp³-hybridized carbons (Fsp3) is 0.391. The molecule has 0 radical (unpaired) electrons. The maximum absolute atomic E-state index is 13.3. The molecule has 1 aliphatic carbocycles. The number of aromatic nitrogens is 2. The molecule has 1 aliphatic heterocycles. The van der Waals surface area contributed by atoms with Gasteiger partial charge in [-0.15, -0.1) is 11.3 Å². The van der Waals surface area contributed by atoms with E-state index in [0.29, 0.717) is 15.7 Å². The number of fused-ring (bicyclic) bond motifs is 3. The highest BCUT2D eigenvalue weighted by Gasteiger charge is 2.31. The smallest absolute Gasteiger partial charge is 0.283 e. The molecule has 0 bridgehead atoms. The van der Waals surface area contributed by atoms with Crippen LogP contribution in [0, 0.1) is 6.92 Å². The number of thiophene rings is 1. The number of halogens is 2. The minimum Gasteiger partial charge on any atom is -0.283 e. The standard InChI is InChI=1S/C23H24Cl2N4OS/c1-14-12-17-20(31-14)9-7-16-21(23(30)27-28-10-4-2-3-5-11-28)26-29(22(16)17)19-8-6-15(24)13-18(19)25/h6,8,12-13H,2-5,7,9-11H2,1H3,(H,27,30). The van der Waals surface area contributed by atoms with Gasteiger partial charge in [0.05, 0.1) is 16.4 Å². The Morgan fingerprint density at radius 3 is 2.61 bits per heavy atom. The number of carbonyl (C=O) groups is 1. The van der Waals surface area contributed by atoms with Crippen LogP contribution in [0.3, 0.4) is 0 Å². The number of rotatable bonds is 3. The lowest BCUT2D eigenvalue weighted by Gasteiger charge is -2.20. The molecule has 5 rings (SSSR count). The summed E-state index contributed by atoms with van der Waals surface area (Å²) in [6.07, 6.45) is 6.34. The summed E-state index contributed by atoms with van der Waals surface area (Å²) in [6.45, 7) is 3.88. The zero-order valence-corrected chi connectivity index (χ0v) is 19.7. The van der Waals surface area contributed by atoms with Crippen molar-refractivity contribution in [2.75, 3.05) is 13.1 Å². The summed E-state index contributed by atoms with van der Waals surface area (Å²) < 4.78 is 1.83. The topological polar surface area (TPSA) is 50.2 Å². The zero-order chi connectivity index (χ0) is 21.5. The third-order valence-corrected chi connectivity index (χ3v) is 7.64. The van der Waals surface area contributed by atoms with Crippen LogP contribution >= 0.6 is 34.5 Å². The van der Waals surface area contributed by atoms with Gasteiger partial charge in [0.1, 0.15) is 0 Å². The molecule has 1 saturated heterocycles. The van der Waals surface area contributed by atoms with Gasteiger partial charge in [-0.05, 0) is 56.9 Å². The first-order valence-corrected chi connectivity index (χ1v) is 12.3. The molecular weight excluding hydrogens is 451 g/mol. The molecular formula is C23H24Cl2N4OS. The van der Waals surface area contributed by atoms with Crippen LogP contribution in [0.1, 0.15) is 51.5 Å². The molecule has 1 N–H and O–H groups in total. The average Bonchev–Trinajstić information content (AvgIpc) is 3.19. The van der Waals surface area contributed by atoms with Crippen LogP contribution in [-0.2, 0) is 12.8 Å². The summed E-state index contributed by atoms with van der Waals surface area (Å²) in [5.41, 5.74) is 7.43. The number of benzene rings is 1. The molecule has 162 valence electrons. The normalized spacial score (nSPS) is 16.5. The Morgan fingerprint density at radius 1 is 1.10 bits per heavy atom. The largest absolute Gasteiger partial charge is 0.286 e. The monoisotopic (exact) mass is 474 g/mol. The average molecular weight is 475 g/mol. The lowest BCUT2D eigenvalue weighted by molar-refractivity contribution is 0.0787. The number of aryl methyl sites for hydroxylation is 2. The predicted molar refractivity (Wildman–Crippen MR) is 127 cm³/mol. The van der Waals surface area contributed by atoms with Crippen molar-refractivity contribution in [1.82, 2.24) is 20.2 Å². The van der Waals surface area contributed by atoms with Crippen LogP contribution in [0.15, 0.2) is 24.3 Å². The van der Waals surface area contributed by atoms with E-state index in [-0.39, 0.29) is 5.91 Å². The van der Waals surface area contributed by atoms with E-state index in [1.165, 1.54) is 22.6 Å². The molecule has 1 aromatic carbocycles. The van der Waals surface area contributed by atoms with Crippen molar-refractivity contribution in [3.05, 3.63) is 55.3 Å². The fourth-order valence-electron chi connectivity index (χ4n) is 4.54. The molecule has 2 aromatic heterocycles. The van der Waals surface area contributed by atoms with E-state index in [0.717, 1.165) is 61.3 Å². The fourth-order valence-corrected chi connectivity index (χ4v) is 6.06. The highest BCUT2D eigenvalue weighted by atomic mass is 35.5. The highest BCUT2D eigenvalue weighted by molar-refractivity contribution is 7.12. The summed E-state index contributed by atoms with van der Waals surface area (Å²) in [5, 5.41) is 7.93. The van der Waals surface area contributed by atoms with Gasteiger partial charge >= 0.3 is 0 Å². The zero-order valence-electron chi connectivity index (χ0n) is 17.4. The highest BCUT2D eigenvalue weighted by Crippen LogP contribution is 2.42. The molecule has 0 atom stereocenters. The molecule has 3 aromatic rings. The first kappa shape index (κ1) is 21.0. The number of amides is 1. The van der Waals surface area contributed by atoms with Gasteiger partial charge in [0.15, 0.2) is 5.69 Å². The molecule has 2 aliphatic rings. The summed E-state index contributed by atoms with van der Waals surface area (Å²) in [6, 6.07) is 7.57. The van der Waals surface area contributed by atoms with Crippen LogP contribution in [0.2, 0.25) is 10.0 Å². The SMILES string of the molecule is Cc1cc2c(s1)CCc1c(C(=O)NN3CCCCCC3)nn(-c3ccc(Cl)cc3Cl)c1-2. The summed E-state index contributed by atoms with van der Waals surface area (Å²) in [7, 11) is 0. The first-order chi connectivity index (χ1) is 15.0. The molecule has 31 heavy (non-hydrogen) atoms. The quantitative estimate of drug-likeness (QED) is 0.518. The van der Waals surface area contributed by atoms with Gasteiger partial charge < -0.3 is 0 Å². The molecule has 0 unspecified atom stereocenters. The molecule has 0 saturated carbocycles. The van der Waals surface area contributed by atoms with Gasteiger partial charge in [0.25, 0.3) is 5.91 Å². The van der Waals surface area contributed by atoms with Crippen molar-refractivity contribution in [2.24, 2.45) is 0 Å². The van der Waals surface area contributed by atoms with Crippen molar-refractivity contribution in [3.63, 3.8) is 0 Å². The number of carbonyl (C=O) groups excluding carboxylic acids is 1. The van der Waals surface area contributed by atoms with Crippen molar-refractivity contribution >= 4 is 40.4 Å². The Labute approximate surface area is 195 Å². The lowest BCUT2D eigenvalue weighted by atomic mass is 9.94. The third-order valence-electron chi connectivity index (χ3n) is 5.99. The molecule has 1 fully saturated rings. The first-order valence-electron chi connectivity index (χ1n) is 10.7. The summed E-state index contributed by atoms with van der Waals surface area (Å²) >= 11 is 14.5. The van der Waals surface area contributed by atoms with E-state index < -0.39 is 0 Å². The van der Waals surface area contributed by atoms with Gasteiger partial charge in [-0.3, -0.25) is 10.2 Å². The second kappa shape index (κ2) is 8.58. The number of nitrogens with zero attached hydrogens (tertiary/aromatic N) is 3. The molecule has 1 amide bonds. The second-order valence-corrected chi connectivity index (χ2v) is 10.4. The van der Waals surface area contributed by atoms with Gasteiger partial charge in [-0.1, -0.05) is 36.0 Å². The van der Waals surface area contributed by atoms with Crippen molar-refractivity contribution in [3.8, 4) is 16.9 Å². The molecule has 8 heteroatoms. The van der Waals surface area contributed by atoms with E-state index in [4.69, 9.17) is 28.3 Å². The Bertz CT molecular complexity index is 1140. The number of hydrogen-bond acceptors (Lipinski definition) is 4. The van der Waals surface area contributed by atoms with Crippen molar-refractivity contribution in [2.45, 2.75) is 45.4 Å². The Morgan fingerprint density at radius 2 is 1.87 bits per heavy atom. The van der Waals surface area contributed by atoms with Gasteiger partial charge in [0, 0.05) is 39.0 Å². The minimum absolute atomic E-state index is 0.141. The molecule has 3 heterocycles. The van der Waals surface area contributed by atoms with Crippen LogP contribution in [0.25, 0.3) is 16.9 Å². The van der Waals surface area contributed by atoms with E-state index in [1.807, 2.05) is 27.1 Å². The Kier molecular flexibility index (Phi) is 5.82. The van der Waals surface area contributed by atoms with E-state index in [1.54, 1.807) is 12.1 Å². The summed E-state index contributed by atoms with van der Waals surface area (Å²) in [4.78, 5) is 15.9. The van der Waals surface area contributed by atoms with E-state index >= 15 is 0 Å². The summed E-state index contributed by atoms with van der Waals surface area (Å²) in [5.74, 6) is -0.141. The Balaban J connectivity index is 1.60. The second-order valence-electron chi connectivity index (χ2n) is 8.22. The van der Waals surface area contributed by atoms with E-state index in [2.05, 4.69) is 18.4 Å². The van der Waals surface area contributed by atoms with Crippen LogP contribution in [0.4, 0.5) is 0 Å². The minimum atomic E-state index is -0.141. The number of hydrogen-bond donors (Lipinski definition) is 1. The Hall–Kier alpha value is -1.86. The van der Waals surface area contributed by atoms with Crippen molar-refractivity contribution in [1.29, 1.82) is 0 Å². The number of nitrogens with one attached hydrogen (secondary N) is 1. The lowest BCUT2D eigenvalue weighted by Crippen LogP contribution is -2.43. The maximum atomic E-state index is 13.3. The van der Waals surface area contributed by atoms with Crippen LogP contribution in [-0.4, -0.2) is 33.8 Å². The molecule has 5 nitrogen and oxygen atoms in total. The molecule has 0 spiro atoms.